The van der Waals surface area contributed by atoms with E-state index in [4.69, 9.17) is 4.74 Å². The molecule has 2 atom stereocenters. The third kappa shape index (κ3) is 5.34. The molecule has 8 heteroatoms. The molecular formula is C31H35N5O3. The summed E-state index contributed by atoms with van der Waals surface area (Å²) in [6.45, 7) is 1.95. The number of piperidine rings is 1. The van der Waals surface area contributed by atoms with Crippen LogP contribution < -0.4 is 15.7 Å². The molecule has 6 rings (SSSR count). The first-order chi connectivity index (χ1) is 19.1. The number of H-pyrrole nitrogens is 1. The molecular weight excluding hydrogens is 490 g/mol. The molecule has 1 amide bonds. The fourth-order valence-electron chi connectivity index (χ4n) is 6.44. The van der Waals surface area contributed by atoms with Crippen molar-refractivity contribution in [2.45, 2.75) is 50.1 Å². The fourth-order valence-corrected chi connectivity index (χ4v) is 6.44. The van der Waals surface area contributed by atoms with E-state index >= 15 is 0 Å². The molecule has 2 N–H and O–H groups in total. The number of fused-ring (bicyclic) bond motifs is 2. The van der Waals surface area contributed by atoms with Gasteiger partial charge < -0.3 is 15.0 Å². The van der Waals surface area contributed by atoms with Gasteiger partial charge in [-0.3, -0.25) is 19.2 Å². The van der Waals surface area contributed by atoms with Crippen LogP contribution in [0.25, 0.3) is 11.0 Å². The van der Waals surface area contributed by atoms with E-state index in [9.17, 15) is 9.59 Å². The summed E-state index contributed by atoms with van der Waals surface area (Å²) < 4.78 is 7.36. The van der Waals surface area contributed by atoms with Gasteiger partial charge in [0, 0.05) is 43.5 Å². The average Bonchev–Trinajstić information content (AvgIpc) is 3.30. The standard InChI is InChI=1S/C31H35N5O3/c1-39-24-9-10-25-22(18-24)8-11-27(26(25)17-21-5-4-14-32-19-21)33-30(37)20-35-15-12-23(13-16-35)36-29-7-3-2-6-28(29)34-31(36)38/h2-7,9-10,14,18-19,23,26-27H,8,11-13,15-17,20H2,1H3,(H,33,37)(H,34,38)/t26-,27-/m0/s1. The summed E-state index contributed by atoms with van der Waals surface area (Å²) in [5, 5.41) is 3.39. The molecule has 3 heterocycles. The van der Waals surface area contributed by atoms with Crippen LogP contribution in [0, 0.1) is 0 Å². The predicted molar refractivity (Wildman–Crippen MR) is 151 cm³/mol. The molecule has 0 radical (unpaired) electrons. The first-order valence-corrected chi connectivity index (χ1v) is 13.9. The summed E-state index contributed by atoms with van der Waals surface area (Å²) in [7, 11) is 1.70. The number of methoxy groups -OCH3 is 1. The Balaban J connectivity index is 1.11. The molecule has 39 heavy (non-hydrogen) atoms. The number of likely N-dealkylation sites (tertiary alicyclic amines) is 1. The maximum absolute atomic E-state index is 13.3. The Morgan fingerprint density at radius 3 is 2.74 bits per heavy atom. The number of hydrogen-bond donors (Lipinski definition) is 2. The lowest BCUT2D eigenvalue weighted by Gasteiger charge is -2.36. The van der Waals surface area contributed by atoms with Crippen LogP contribution in [0.5, 0.6) is 5.75 Å². The van der Waals surface area contributed by atoms with Crippen LogP contribution in [-0.4, -0.2) is 58.1 Å². The molecule has 1 aliphatic heterocycles. The molecule has 2 aromatic carbocycles. The first-order valence-electron chi connectivity index (χ1n) is 13.9. The van der Waals surface area contributed by atoms with Crippen molar-refractivity contribution < 1.29 is 9.53 Å². The zero-order chi connectivity index (χ0) is 26.8. The minimum absolute atomic E-state index is 0.0535. The number of para-hydroxylation sites is 2. The number of benzene rings is 2. The van der Waals surface area contributed by atoms with Gasteiger partial charge in [0.2, 0.25) is 5.91 Å². The van der Waals surface area contributed by atoms with Crippen LogP contribution in [0.1, 0.15) is 47.9 Å². The summed E-state index contributed by atoms with van der Waals surface area (Å²) in [6.07, 6.45) is 8.02. The van der Waals surface area contributed by atoms with E-state index in [1.165, 1.54) is 16.7 Å². The van der Waals surface area contributed by atoms with Gasteiger partial charge in [0.1, 0.15) is 5.75 Å². The number of rotatable bonds is 7. The summed E-state index contributed by atoms with van der Waals surface area (Å²) in [6, 6.07) is 18.4. The average molecular weight is 526 g/mol. The largest absolute Gasteiger partial charge is 0.497 e. The highest BCUT2D eigenvalue weighted by Crippen LogP contribution is 2.36. The predicted octanol–water partition coefficient (Wildman–Crippen LogP) is 3.83. The van der Waals surface area contributed by atoms with Crippen LogP contribution in [0.15, 0.2) is 71.8 Å². The van der Waals surface area contributed by atoms with E-state index in [2.05, 4.69) is 38.4 Å². The maximum atomic E-state index is 13.3. The second-order valence-corrected chi connectivity index (χ2v) is 10.8. The van der Waals surface area contributed by atoms with E-state index in [1.807, 2.05) is 47.2 Å². The molecule has 2 aromatic heterocycles. The number of nitrogens with zero attached hydrogens (tertiary/aromatic N) is 3. The Kier molecular flexibility index (Phi) is 7.20. The van der Waals surface area contributed by atoms with Gasteiger partial charge in [-0.15, -0.1) is 0 Å². The lowest BCUT2D eigenvalue weighted by molar-refractivity contribution is -0.123. The molecule has 1 saturated heterocycles. The van der Waals surface area contributed by atoms with Crippen LogP contribution in [0.3, 0.4) is 0 Å². The number of imidazole rings is 1. The summed E-state index contributed by atoms with van der Waals surface area (Å²) in [5.74, 6) is 1.11. The lowest BCUT2D eigenvalue weighted by atomic mass is 9.76. The Morgan fingerprint density at radius 1 is 1.10 bits per heavy atom. The number of aryl methyl sites for hydroxylation is 1. The number of carbonyl (C=O) groups excluding carboxylic acids is 1. The number of hydrogen-bond acceptors (Lipinski definition) is 5. The van der Waals surface area contributed by atoms with Crippen LogP contribution in [-0.2, 0) is 17.6 Å². The molecule has 8 nitrogen and oxygen atoms in total. The van der Waals surface area contributed by atoms with Crippen molar-refractivity contribution in [2.75, 3.05) is 26.7 Å². The zero-order valence-electron chi connectivity index (χ0n) is 22.3. The van der Waals surface area contributed by atoms with Gasteiger partial charge in [0.05, 0.1) is 24.7 Å². The van der Waals surface area contributed by atoms with Gasteiger partial charge in [-0.2, -0.15) is 0 Å². The van der Waals surface area contributed by atoms with Gasteiger partial charge in [0.25, 0.3) is 0 Å². The number of carbonyl (C=O) groups is 1. The van der Waals surface area contributed by atoms with Crippen molar-refractivity contribution in [2.24, 2.45) is 0 Å². The topological polar surface area (TPSA) is 92.2 Å². The number of ether oxygens (including phenoxy) is 1. The molecule has 0 saturated carbocycles. The molecule has 0 bridgehead atoms. The Hall–Kier alpha value is -3.91. The summed E-state index contributed by atoms with van der Waals surface area (Å²) >= 11 is 0. The van der Waals surface area contributed by atoms with E-state index in [0.29, 0.717) is 6.54 Å². The summed E-state index contributed by atoms with van der Waals surface area (Å²) in [4.78, 5) is 35.4. The van der Waals surface area contributed by atoms with Crippen molar-refractivity contribution >= 4 is 16.9 Å². The number of aromatic nitrogens is 3. The fraction of sp³-hybridized carbons (Fsp3) is 0.387. The van der Waals surface area contributed by atoms with Crippen molar-refractivity contribution in [1.82, 2.24) is 24.8 Å². The Morgan fingerprint density at radius 2 is 1.95 bits per heavy atom. The smallest absolute Gasteiger partial charge is 0.326 e. The van der Waals surface area contributed by atoms with E-state index < -0.39 is 0 Å². The molecule has 1 aliphatic carbocycles. The van der Waals surface area contributed by atoms with Crippen molar-refractivity contribution in [1.29, 1.82) is 0 Å². The first kappa shape index (κ1) is 25.4. The minimum Gasteiger partial charge on any atom is -0.497 e. The maximum Gasteiger partial charge on any atom is 0.326 e. The minimum atomic E-state index is -0.0535. The second kappa shape index (κ2) is 11.1. The monoisotopic (exact) mass is 525 g/mol. The third-order valence-electron chi connectivity index (χ3n) is 8.40. The van der Waals surface area contributed by atoms with Gasteiger partial charge in [-0.25, -0.2) is 4.79 Å². The van der Waals surface area contributed by atoms with E-state index in [0.717, 1.165) is 62.0 Å². The summed E-state index contributed by atoms with van der Waals surface area (Å²) in [5.41, 5.74) is 5.51. The van der Waals surface area contributed by atoms with Crippen LogP contribution >= 0.6 is 0 Å². The third-order valence-corrected chi connectivity index (χ3v) is 8.40. The normalized spacial score (nSPS) is 20.0. The van der Waals surface area contributed by atoms with Gasteiger partial charge in [-0.05, 0) is 79.1 Å². The molecule has 0 spiro atoms. The highest BCUT2D eigenvalue weighted by molar-refractivity contribution is 5.78. The highest BCUT2D eigenvalue weighted by atomic mass is 16.5. The van der Waals surface area contributed by atoms with E-state index in [-0.39, 0.29) is 29.6 Å². The van der Waals surface area contributed by atoms with Gasteiger partial charge >= 0.3 is 5.69 Å². The number of amides is 1. The Bertz CT molecular complexity index is 1500. The van der Waals surface area contributed by atoms with Gasteiger partial charge in [0.15, 0.2) is 0 Å². The second-order valence-electron chi connectivity index (χ2n) is 10.8. The van der Waals surface area contributed by atoms with E-state index in [1.54, 1.807) is 13.3 Å². The molecule has 2 aliphatic rings. The Labute approximate surface area is 228 Å². The van der Waals surface area contributed by atoms with Crippen LogP contribution in [0.4, 0.5) is 0 Å². The highest BCUT2D eigenvalue weighted by Gasteiger charge is 2.32. The number of aromatic amines is 1. The molecule has 202 valence electrons. The van der Waals surface area contributed by atoms with Crippen molar-refractivity contribution in [3.05, 3.63) is 94.2 Å². The lowest BCUT2D eigenvalue weighted by Crippen LogP contribution is -2.48. The quantitative estimate of drug-likeness (QED) is 0.383. The number of pyridine rings is 1. The zero-order valence-corrected chi connectivity index (χ0v) is 22.3. The SMILES string of the molecule is COc1ccc2c(c1)CC[C@H](NC(=O)CN1CCC(n3c(=O)[nH]c4ccccc43)CC1)[C@H]2Cc1cccnc1. The van der Waals surface area contributed by atoms with Crippen molar-refractivity contribution in [3.8, 4) is 5.75 Å². The molecule has 1 fully saturated rings. The number of nitrogens with one attached hydrogen (secondary N) is 2. The van der Waals surface area contributed by atoms with Crippen molar-refractivity contribution in [3.63, 3.8) is 0 Å². The molecule has 0 unspecified atom stereocenters. The van der Waals surface area contributed by atoms with Gasteiger partial charge in [-0.1, -0.05) is 24.3 Å². The van der Waals surface area contributed by atoms with Crippen LogP contribution in [0.2, 0.25) is 0 Å². The molecule has 4 aromatic rings.